The van der Waals surface area contributed by atoms with Gasteiger partial charge in [0.05, 0.1) is 24.2 Å². The van der Waals surface area contributed by atoms with Gasteiger partial charge < -0.3 is 18.8 Å². The van der Waals surface area contributed by atoms with E-state index in [1.165, 1.54) is 13.8 Å². The van der Waals surface area contributed by atoms with Gasteiger partial charge in [0.15, 0.2) is 5.60 Å². The molecule has 4 rings (SSSR count). The third-order valence-corrected chi connectivity index (χ3v) is 6.08. The molecule has 3 heterocycles. The number of hydrogen-bond acceptors (Lipinski definition) is 9. The summed E-state index contributed by atoms with van der Waals surface area (Å²) < 4.78 is 16.8. The lowest BCUT2D eigenvalue weighted by Crippen LogP contribution is -2.38. The first-order valence-corrected chi connectivity index (χ1v) is 11.6. The number of aliphatic carboxylic acids is 1. The minimum atomic E-state index is -1.33. The Morgan fingerprint density at radius 1 is 1.18 bits per heavy atom. The molecule has 9 nitrogen and oxygen atoms in total. The molecule has 34 heavy (non-hydrogen) atoms. The highest BCUT2D eigenvalue weighted by Crippen LogP contribution is 2.30. The van der Waals surface area contributed by atoms with E-state index >= 15 is 0 Å². The predicted octanol–water partition coefficient (Wildman–Crippen LogP) is 4.85. The molecule has 4 aromatic rings. The minimum absolute atomic E-state index is 0.406. The molecule has 1 aromatic carbocycles. The second-order valence-electron chi connectivity index (χ2n) is 8.54. The Bertz CT molecular complexity index is 1230. The average molecular weight is 483 g/mol. The van der Waals surface area contributed by atoms with Crippen LogP contribution in [0.3, 0.4) is 0 Å². The molecule has 1 N–H and O–H groups in total. The van der Waals surface area contributed by atoms with Gasteiger partial charge in [-0.2, -0.15) is 4.98 Å². The number of nitrogens with zero attached hydrogens (tertiary/aromatic N) is 4. The number of hydrogen-bond donors (Lipinski definition) is 1. The Labute approximate surface area is 201 Å². The number of carboxylic acids is 1. The van der Waals surface area contributed by atoms with Crippen LogP contribution in [0.1, 0.15) is 42.3 Å². The number of thiophene rings is 1. The Morgan fingerprint density at radius 3 is 2.53 bits per heavy atom. The summed E-state index contributed by atoms with van der Waals surface area (Å²) >= 11 is 1.55. The molecule has 0 aliphatic carbocycles. The first-order chi connectivity index (χ1) is 16.2. The average Bonchev–Trinajstić information content (AvgIpc) is 3.53. The maximum atomic E-state index is 11.5. The van der Waals surface area contributed by atoms with Crippen molar-refractivity contribution in [3.63, 3.8) is 0 Å². The van der Waals surface area contributed by atoms with Crippen LogP contribution in [0.4, 0.5) is 0 Å². The zero-order valence-electron chi connectivity index (χ0n) is 19.4. The van der Waals surface area contributed by atoms with Crippen molar-refractivity contribution in [3.05, 3.63) is 70.6 Å². The van der Waals surface area contributed by atoms with Crippen LogP contribution in [0.2, 0.25) is 0 Å². The van der Waals surface area contributed by atoms with Crippen molar-refractivity contribution in [1.29, 1.82) is 0 Å². The van der Waals surface area contributed by atoms with Gasteiger partial charge in [0.25, 0.3) is 0 Å². The highest BCUT2D eigenvalue weighted by atomic mass is 32.1. The van der Waals surface area contributed by atoms with Crippen LogP contribution in [-0.4, -0.2) is 36.7 Å². The summed E-state index contributed by atoms with van der Waals surface area (Å²) in [6, 6.07) is 7.88. The zero-order valence-corrected chi connectivity index (χ0v) is 20.3. The van der Waals surface area contributed by atoms with Crippen molar-refractivity contribution < 1.29 is 23.6 Å². The largest absolute Gasteiger partial charge is 0.478 e. The van der Waals surface area contributed by atoms with Crippen molar-refractivity contribution in [2.45, 2.75) is 52.9 Å². The fourth-order valence-electron chi connectivity index (χ4n) is 3.56. The Balaban J connectivity index is 1.55. The summed E-state index contributed by atoms with van der Waals surface area (Å²) in [6.45, 7) is 8.31. The number of carbonyl (C=O) groups is 1. The maximum Gasteiger partial charge on any atom is 0.347 e. The molecule has 0 fully saturated rings. The lowest BCUT2D eigenvalue weighted by Gasteiger charge is -2.25. The van der Waals surface area contributed by atoms with Crippen molar-refractivity contribution in [3.8, 4) is 16.5 Å². The van der Waals surface area contributed by atoms with Gasteiger partial charge in [-0.25, -0.2) is 9.78 Å². The van der Waals surface area contributed by atoms with E-state index in [4.69, 9.17) is 13.7 Å². The molecule has 0 amide bonds. The van der Waals surface area contributed by atoms with Gasteiger partial charge in [-0.05, 0) is 55.8 Å². The third kappa shape index (κ3) is 5.52. The van der Waals surface area contributed by atoms with E-state index in [-0.39, 0.29) is 0 Å². The van der Waals surface area contributed by atoms with Crippen molar-refractivity contribution in [2.75, 3.05) is 0 Å². The van der Waals surface area contributed by atoms with E-state index in [9.17, 15) is 9.90 Å². The van der Waals surface area contributed by atoms with Gasteiger partial charge in [0, 0.05) is 6.54 Å². The Kier molecular flexibility index (Phi) is 6.80. The van der Waals surface area contributed by atoms with E-state index in [1.807, 2.05) is 43.5 Å². The monoisotopic (exact) mass is 482 g/mol. The second-order valence-corrected chi connectivity index (χ2v) is 9.48. The van der Waals surface area contributed by atoms with E-state index in [0.29, 0.717) is 43.0 Å². The van der Waals surface area contributed by atoms with Crippen LogP contribution in [0.25, 0.3) is 10.7 Å². The van der Waals surface area contributed by atoms with Crippen molar-refractivity contribution >= 4 is 17.3 Å². The number of aryl methyl sites for hydroxylation is 2. The third-order valence-electron chi connectivity index (χ3n) is 5.21. The number of oxazole rings is 1. The molecule has 0 saturated heterocycles. The predicted molar refractivity (Wildman–Crippen MR) is 125 cm³/mol. The molecule has 0 atom stereocenters. The summed E-state index contributed by atoms with van der Waals surface area (Å²) in [5.41, 5.74) is 1.42. The molecule has 0 radical (unpaired) electrons. The van der Waals surface area contributed by atoms with E-state index in [1.54, 1.807) is 23.8 Å². The van der Waals surface area contributed by atoms with Gasteiger partial charge in [0.1, 0.15) is 12.0 Å². The van der Waals surface area contributed by atoms with Crippen molar-refractivity contribution in [1.82, 2.24) is 20.0 Å². The zero-order chi connectivity index (χ0) is 24.3. The lowest BCUT2D eigenvalue weighted by molar-refractivity contribution is -0.152. The van der Waals surface area contributed by atoms with Gasteiger partial charge in [-0.1, -0.05) is 23.4 Å². The van der Waals surface area contributed by atoms with E-state index in [0.717, 1.165) is 21.6 Å². The van der Waals surface area contributed by atoms with Crippen LogP contribution in [-0.2, 0) is 24.4 Å². The quantitative estimate of drug-likeness (QED) is 0.339. The van der Waals surface area contributed by atoms with Gasteiger partial charge >= 0.3 is 5.97 Å². The number of carboxylic acid groups (broad SMARTS) is 1. The van der Waals surface area contributed by atoms with Crippen molar-refractivity contribution in [2.24, 2.45) is 0 Å². The summed E-state index contributed by atoms with van der Waals surface area (Å²) in [7, 11) is 0. The lowest BCUT2D eigenvalue weighted by atomic mass is 10.0. The van der Waals surface area contributed by atoms with E-state index in [2.05, 4.69) is 20.0 Å². The smallest absolute Gasteiger partial charge is 0.347 e. The molecule has 10 heteroatoms. The Morgan fingerprint density at radius 2 is 1.91 bits per heavy atom. The summed E-state index contributed by atoms with van der Waals surface area (Å²) in [4.78, 5) is 23.3. The molecule has 0 bridgehead atoms. The summed E-state index contributed by atoms with van der Waals surface area (Å²) in [5, 5.41) is 15.5. The summed E-state index contributed by atoms with van der Waals surface area (Å²) in [5.74, 6) is 1.19. The second kappa shape index (κ2) is 9.78. The fourth-order valence-corrected chi connectivity index (χ4v) is 4.20. The Hall–Kier alpha value is -3.50. The van der Waals surface area contributed by atoms with Crippen LogP contribution in [0, 0.1) is 13.8 Å². The van der Waals surface area contributed by atoms with Gasteiger partial charge in [0.2, 0.25) is 17.6 Å². The standard InChI is InChI=1S/C24H26N4O5S/c1-15-10-17(11-16(2)21(15)32-24(3,4)23(29)30)12-28(13-19-25-7-8-31-19)14-20-26-22(27-33-20)18-6-5-9-34-18/h5-11H,12-14H2,1-4H3,(H,29,30). The minimum Gasteiger partial charge on any atom is -0.478 e. The highest BCUT2D eigenvalue weighted by molar-refractivity contribution is 7.13. The molecule has 178 valence electrons. The summed E-state index contributed by atoms with van der Waals surface area (Å²) in [6.07, 6.45) is 3.15. The van der Waals surface area contributed by atoms with E-state index < -0.39 is 11.6 Å². The molecule has 0 aliphatic rings. The molecule has 0 saturated carbocycles. The molecular weight excluding hydrogens is 456 g/mol. The SMILES string of the molecule is Cc1cc(CN(Cc2ncco2)Cc2nc(-c3cccs3)no2)cc(C)c1OC(C)(C)C(=O)O. The topological polar surface area (TPSA) is 115 Å². The van der Waals surface area contributed by atoms with Crippen LogP contribution in [0.15, 0.2) is 51.0 Å². The number of aromatic nitrogens is 3. The van der Waals surface area contributed by atoms with Gasteiger partial charge in [-0.15, -0.1) is 11.3 Å². The van der Waals surface area contributed by atoms with Crippen LogP contribution >= 0.6 is 11.3 Å². The first kappa shape index (κ1) is 23.7. The molecule has 3 aromatic heterocycles. The molecule has 0 unspecified atom stereocenters. The molecular formula is C24H26N4O5S. The van der Waals surface area contributed by atoms with Crippen LogP contribution < -0.4 is 4.74 Å². The first-order valence-electron chi connectivity index (χ1n) is 10.7. The molecule has 0 spiro atoms. The molecule has 0 aliphatic heterocycles. The highest BCUT2D eigenvalue weighted by Gasteiger charge is 2.30. The van der Waals surface area contributed by atoms with Crippen LogP contribution in [0.5, 0.6) is 5.75 Å². The normalized spacial score (nSPS) is 11.8. The number of ether oxygens (including phenoxy) is 1. The maximum absolute atomic E-state index is 11.5. The number of benzene rings is 1. The van der Waals surface area contributed by atoms with Gasteiger partial charge in [-0.3, -0.25) is 4.90 Å². The fraction of sp³-hybridized carbons (Fsp3) is 0.333. The number of rotatable bonds is 10.